The molecule has 1 aliphatic heterocycles. The fraction of sp³-hybridized carbons (Fsp3) is 0.286. The fourth-order valence-corrected chi connectivity index (χ4v) is 3.70. The smallest absolute Gasteiger partial charge is 0.272 e. The standard InChI is InChI=1S/C21H21ClN6O2/c1-13-16(20(29)26-15-7-5-14(22)6-8-15)12-23-19(25-13)18-4-2-3-11-28(18)21(30)17-9-10-24-27-17/h5-10,12,18H,2-4,11H2,1H3,(H,24,27)(H,26,29). The van der Waals surface area contributed by atoms with Crippen LogP contribution in [-0.2, 0) is 0 Å². The number of hydrogen-bond donors (Lipinski definition) is 2. The van der Waals surface area contributed by atoms with Crippen LogP contribution in [0.1, 0.15) is 57.7 Å². The summed E-state index contributed by atoms with van der Waals surface area (Å²) < 4.78 is 0. The third-order valence-corrected chi connectivity index (χ3v) is 5.39. The molecule has 0 radical (unpaired) electrons. The van der Waals surface area contributed by atoms with Crippen molar-refractivity contribution in [2.75, 3.05) is 11.9 Å². The molecule has 1 aliphatic rings. The Hall–Kier alpha value is -3.26. The number of rotatable bonds is 4. The zero-order chi connectivity index (χ0) is 21.1. The number of nitrogens with one attached hydrogen (secondary N) is 2. The maximum Gasteiger partial charge on any atom is 0.272 e. The maximum absolute atomic E-state index is 12.9. The molecule has 0 aliphatic carbocycles. The number of aryl methyl sites for hydroxylation is 1. The number of likely N-dealkylation sites (tertiary alicyclic amines) is 1. The summed E-state index contributed by atoms with van der Waals surface area (Å²) in [4.78, 5) is 36.3. The molecule has 30 heavy (non-hydrogen) atoms. The third kappa shape index (κ3) is 4.18. The number of carbonyl (C=O) groups is 2. The highest BCUT2D eigenvalue weighted by atomic mass is 35.5. The lowest BCUT2D eigenvalue weighted by Crippen LogP contribution is -2.39. The van der Waals surface area contributed by atoms with Crippen molar-refractivity contribution in [2.24, 2.45) is 0 Å². The Morgan fingerprint density at radius 2 is 2.00 bits per heavy atom. The van der Waals surface area contributed by atoms with Crippen LogP contribution in [0.4, 0.5) is 5.69 Å². The minimum Gasteiger partial charge on any atom is -0.327 e. The van der Waals surface area contributed by atoms with E-state index < -0.39 is 0 Å². The van der Waals surface area contributed by atoms with Gasteiger partial charge in [-0.3, -0.25) is 14.7 Å². The van der Waals surface area contributed by atoms with Crippen molar-refractivity contribution in [2.45, 2.75) is 32.2 Å². The van der Waals surface area contributed by atoms with Crippen molar-refractivity contribution in [3.63, 3.8) is 0 Å². The molecule has 4 rings (SSSR count). The Bertz CT molecular complexity index is 1050. The van der Waals surface area contributed by atoms with Crippen LogP contribution < -0.4 is 5.32 Å². The molecule has 2 aromatic heterocycles. The summed E-state index contributed by atoms with van der Waals surface area (Å²) in [5, 5.41) is 10.0. The lowest BCUT2D eigenvalue weighted by Gasteiger charge is -2.34. The van der Waals surface area contributed by atoms with E-state index in [4.69, 9.17) is 11.6 Å². The van der Waals surface area contributed by atoms with Crippen molar-refractivity contribution in [3.8, 4) is 0 Å². The normalized spacial score (nSPS) is 16.3. The molecular weight excluding hydrogens is 404 g/mol. The van der Waals surface area contributed by atoms with Crippen LogP contribution in [0, 0.1) is 6.92 Å². The Morgan fingerprint density at radius 1 is 1.20 bits per heavy atom. The third-order valence-electron chi connectivity index (χ3n) is 5.14. The minimum absolute atomic E-state index is 0.122. The van der Waals surface area contributed by atoms with E-state index in [1.807, 2.05) is 0 Å². The van der Waals surface area contributed by atoms with Gasteiger partial charge in [0.15, 0.2) is 5.82 Å². The number of halogens is 1. The summed E-state index contributed by atoms with van der Waals surface area (Å²) in [5.41, 5.74) is 2.02. The van der Waals surface area contributed by atoms with Gasteiger partial charge in [0.2, 0.25) is 0 Å². The van der Waals surface area contributed by atoms with Gasteiger partial charge in [0.25, 0.3) is 11.8 Å². The molecule has 154 valence electrons. The monoisotopic (exact) mass is 424 g/mol. The van der Waals surface area contributed by atoms with Gasteiger partial charge in [-0.1, -0.05) is 11.6 Å². The van der Waals surface area contributed by atoms with Gasteiger partial charge in [0.05, 0.1) is 17.3 Å². The van der Waals surface area contributed by atoms with E-state index in [2.05, 4.69) is 25.5 Å². The molecule has 0 spiro atoms. The van der Waals surface area contributed by atoms with E-state index in [1.165, 1.54) is 6.20 Å². The number of carbonyl (C=O) groups excluding carboxylic acids is 2. The Morgan fingerprint density at radius 3 is 2.70 bits per heavy atom. The molecule has 1 aromatic carbocycles. The largest absolute Gasteiger partial charge is 0.327 e. The predicted molar refractivity (Wildman–Crippen MR) is 112 cm³/mol. The van der Waals surface area contributed by atoms with Gasteiger partial charge in [-0.2, -0.15) is 5.10 Å². The van der Waals surface area contributed by atoms with E-state index in [1.54, 1.807) is 48.4 Å². The zero-order valence-electron chi connectivity index (χ0n) is 16.4. The topological polar surface area (TPSA) is 104 Å². The molecule has 2 N–H and O–H groups in total. The number of aromatic nitrogens is 4. The summed E-state index contributed by atoms with van der Waals surface area (Å²) in [6.07, 6.45) is 5.77. The summed E-state index contributed by atoms with van der Waals surface area (Å²) in [6, 6.07) is 8.29. The first-order valence-electron chi connectivity index (χ1n) is 9.74. The van der Waals surface area contributed by atoms with Crippen LogP contribution in [0.25, 0.3) is 0 Å². The molecule has 1 atom stereocenters. The number of H-pyrrole nitrogens is 1. The zero-order valence-corrected chi connectivity index (χ0v) is 17.2. The number of anilines is 1. The first kappa shape index (κ1) is 20.0. The Labute approximate surface area is 178 Å². The van der Waals surface area contributed by atoms with Crippen LogP contribution in [0.5, 0.6) is 0 Å². The van der Waals surface area contributed by atoms with Crippen molar-refractivity contribution < 1.29 is 9.59 Å². The molecule has 0 saturated carbocycles. The van der Waals surface area contributed by atoms with E-state index in [9.17, 15) is 9.59 Å². The highest BCUT2D eigenvalue weighted by Crippen LogP contribution is 2.30. The van der Waals surface area contributed by atoms with Crippen molar-refractivity contribution in [3.05, 3.63) is 70.5 Å². The van der Waals surface area contributed by atoms with Crippen LogP contribution in [0.15, 0.2) is 42.7 Å². The van der Waals surface area contributed by atoms with Gasteiger partial charge in [-0.15, -0.1) is 0 Å². The number of hydrogen-bond acceptors (Lipinski definition) is 5. The number of aromatic amines is 1. The average Bonchev–Trinajstić information content (AvgIpc) is 3.29. The van der Waals surface area contributed by atoms with Gasteiger partial charge < -0.3 is 10.2 Å². The SMILES string of the molecule is Cc1nc(C2CCCCN2C(=O)c2ccn[nH]2)ncc1C(=O)Nc1ccc(Cl)cc1. The number of nitrogens with zero attached hydrogens (tertiary/aromatic N) is 4. The first-order chi connectivity index (χ1) is 14.5. The molecule has 1 unspecified atom stereocenters. The summed E-state index contributed by atoms with van der Waals surface area (Å²) in [7, 11) is 0. The van der Waals surface area contributed by atoms with Gasteiger partial charge >= 0.3 is 0 Å². The molecule has 1 fully saturated rings. The highest BCUT2D eigenvalue weighted by molar-refractivity contribution is 6.30. The molecule has 9 heteroatoms. The van der Waals surface area contributed by atoms with Crippen LogP contribution >= 0.6 is 11.6 Å². The summed E-state index contributed by atoms with van der Waals surface area (Å²) in [6.45, 7) is 2.40. The van der Waals surface area contributed by atoms with Gasteiger partial charge in [0.1, 0.15) is 5.69 Å². The van der Waals surface area contributed by atoms with E-state index >= 15 is 0 Å². The molecule has 3 heterocycles. The van der Waals surface area contributed by atoms with Gasteiger partial charge in [-0.25, -0.2) is 9.97 Å². The molecule has 1 saturated heterocycles. The Kier molecular flexibility index (Phi) is 5.76. The second kappa shape index (κ2) is 8.62. The van der Waals surface area contributed by atoms with Crippen LogP contribution in [0.2, 0.25) is 5.02 Å². The van der Waals surface area contributed by atoms with Crippen molar-refractivity contribution >= 4 is 29.1 Å². The molecular formula is C21H21ClN6O2. The lowest BCUT2D eigenvalue weighted by molar-refractivity contribution is 0.0593. The number of benzene rings is 1. The van der Waals surface area contributed by atoms with E-state index in [0.29, 0.717) is 40.0 Å². The molecule has 0 bridgehead atoms. The number of piperidine rings is 1. The minimum atomic E-state index is -0.296. The van der Waals surface area contributed by atoms with Crippen LogP contribution in [0.3, 0.4) is 0 Å². The highest BCUT2D eigenvalue weighted by Gasteiger charge is 2.31. The molecule has 8 nitrogen and oxygen atoms in total. The Balaban J connectivity index is 1.54. The second-order valence-electron chi connectivity index (χ2n) is 7.17. The van der Waals surface area contributed by atoms with Gasteiger partial charge in [-0.05, 0) is 56.5 Å². The average molecular weight is 425 g/mol. The first-order valence-corrected chi connectivity index (χ1v) is 10.1. The van der Waals surface area contributed by atoms with Crippen molar-refractivity contribution in [1.29, 1.82) is 0 Å². The quantitative estimate of drug-likeness (QED) is 0.663. The predicted octanol–water partition coefficient (Wildman–Crippen LogP) is 3.78. The summed E-state index contributed by atoms with van der Waals surface area (Å²) in [5.74, 6) is 0.126. The number of amides is 2. The van der Waals surface area contributed by atoms with Gasteiger partial charge in [0, 0.05) is 29.6 Å². The summed E-state index contributed by atoms with van der Waals surface area (Å²) >= 11 is 5.88. The lowest BCUT2D eigenvalue weighted by atomic mass is 10.0. The maximum atomic E-state index is 12.9. The molecule has 2 amide bonds. The second-order valence-corrected chi connectivity index (χ2v) is 7.61. The van der Waals surface area contributed by atoms with E-state index in [-0.39, 0.29) is 17.9 Å². The van der Waals surface area contributed by atoms with Crippen molar-refractivity contribution in [1.82, 2.24) is 25.1 Å². The van der Waals surface area contributed by atoms with E-state index in [0.717, 1.165) is 19.3 Å². The van der Waals surface area contributed by atoms with Crippen LogP contribution in [-0.4, -0.2) is 43.4 Å². The molecule has 3 aromatic rings. The fourth-order valence-electron chi connectivity index (χ4n) is 3.57.